The summed E-state index contributed by atoms with van der Waals surface area (Å²) in [6, 6.07) is 21.5. The molecule has 4 aromatic rings. The minimum atomic E-state index is -0.513. The summed E-state index contributed by atoms with van der Waals surface area (Å²) in [6.45, 7) is 0. The first kappa shape index (κ1) is 20.2. The highest BCUT2D eigenvalue weighted by molar-refractivity contribution is 5.68. The number of benzene rings is 3. The van der Waals surface area contributed by atoms with Crippen molar-refractivity contribution in [1.82, 2.24) is 10.1 Å². The molecule has 0 atom stereocenters. The summed E-state index contributed by atoms with van der Waals surface area (Å²) in [5.41, 5.74) is 7.95. The Labute approximate surface area is 177 Å². The molecule has 0 spiro atoms. The van der Waals surface area contributed by atoms with Crippen molar-refractivity contribution in [2.24, 2.45) is 11.6 Å². The summed E-state index contributed by atoms with van der Waals surface area (Å²) >= 11 is 0. The molecule has 0 radical (unpaired) electrons. The number of aromatic nitrogens is 2. The van der Waals surface area contributed by atoms with Crippen molar-refractivity contribution >= 4 is 11.4 Å². The molecule has 156 valence electrons. The van der Waals surface area contributed by atoms with Gasteiger partial charge in [0.1, 0.15) is 17.3 Å². The van der Waals surface area contributed by atoms with Gasteiger partial charge in [-0.1, -0.05) is 59.8 Å². The lowest BCUT2D eigenvalue weighted by Gasteiger charge is -2.24. The lowest BCUT2D eigenvalue weighted by Crippen LogP contribution is -2.34. The summed E-state index contributed by atoms with van der Waals surface area (Å²) in [7, 11) is 0. The van der Waals surface area contributed by atoms with Crippen LogP contribution in [0.3, 0.4) is 0 Å². The lowest BCUT2D eigenvalue weighted by atomic mass is 10.1. The third-order valence-corrected chi connectivity index (χ3v) is 4.70. The molecule has 0 bridgehead atoms. The molecule has 0 saturated heterocycles. The van der Waals surface area contributed by atoms with Crippen LogP contribution in [0.25, 0.3) is 17.1 Å². The summed E-state index contributed by atoms with van der Waals surface area (Å²) in [5, 5.41) is 4.99. The number of para-hydroxylation sites is 1. The van der Waals surface area contributed by atoms with Gasteiger partial charge in [0.25, 0.3) is 5.89 Å². The van der Waals surface area contributed by atoms with Crippen LogP contribution in [0.15, 0.2) is 89.1 Å². The first-order valence-electron chi connectivity index (χ1n) is 9.45. The molecule has 0 aliphatic heterocycles. The average Bonchev–Trinajstić information content (AvgIpc) is 3.28. The van der Waals surface area contributed by atoms with E-state index >= 15 is 0 Å². The van der Waals surface area contributed by atoms with Gasteiger partial charge in [-0.2, -0.15) is 4.98 Å². The zero-order valence-electron chi connectivity index (χ0n) is 16.4. The van der Waals surface area contributed by atoms with E-state index < -0.39 is 11.6 Å². The first-order chi connectivity index (χ1) is 15.0. The molecule has 0 aliphatic carbocycles. The van der Waals surface area contributed by atoms with Crippen LogP contribution in [-0.4, -0.2) is 10.1 Å². The summed E-state index contributed by atoms with van der Waals surface area (Å²) < 4.78 is 33.8. The van der Waals surface area contributed by atoms with E-state index in [0.717, 1.165) is 10.6 Å². The highest BCUT2D eigenvalue weighted by atomic mass is 19.1. The number of hydrazine groups is 1. The van der Waals surface area contributed by atoms with Crippen molar-refractivity contribution < 1.29 is 13.3 Å². The SMILES string of the molecule is N/C(=C(/Cc1ccccc1)N(N)c1ccccc1F)c1nc(-c2ccccc2F)no1. The molecule has 0 saturated carbocycles. The Kier molecular flexibility index (Phi) is 5.72. The van der Waals surface area contributed by atoms with Gasteiger partial charge < -0.3 is 10.3 Å². The number of nitrogens with zero attached hydrogens (tertiary/aromatic N) is 3. The molecule has 1 heterocycles. The van der Waals surface area contributed by atoms with Crippen LogP contribution in [0.5, 0.6) is 0 Å². The maximum atomic E-state index is 14.4. The number of rotatable bonds is 6. The highest BCUT2D eigenvalue weighted by Gasteiger charge is 2.21. The number of hydrogen-bond donors (Lipinski definition) is 2. The molecular formula is C23H19F2N5O. The van der Waals surface area contributed by atoms with Crippen molar-refractivity contribution in [3.8, 4) is 11.4 Å². The molecule has 6 nitrogen and oxygen atoms in total. The molecule has 0 aliphatic rings. The monoisotopic (exact) mass is 419 g/mol. The molecule has 0 fully saturated rings. The molecule has 3 aromatic carbocycles. The van der Waals surface area contributed by atoms with Crippen LogP contribution in [-0.2, 0) is 6.42 Å². The topological polar surface area (TPSA) is 94.2 Å². The van der Waals surface area contributed by atoms with E-state index in [1.807, 2.05) is 30.3 Å². The van der Waals surface area contributed by atoms with Gasteiger partial charge in [-0.05, 0) is 29.8 Å². The van der Waals surface area contributed by atoms with E-state index in [9.17, 15) is 8.78 Å². The number of anilines is 1. The van der Waals surface area contributed by atoms with Crippen molar-refractivity contribution in [3.05, 3.63) is 108 Å². The molecule has 4 N–H and O–H groups in total. The molecule has 0 unspecified atom stereocenters. The third kappa shape index (κ3) is 4.29. The highest BCUT2D eigenvalue weighted by Crippen LogP contribution is 2.27. The second kappa shape index (κ2) is 8.76. The van der Waals surface area contributed by atoms with Crippen molar-refractivity contribution in [1.29, 1.82) is 0 Å². The summed E-state index contributed by atoms with van der Waals surface area (Å²) in [4.78, 5) is 4.23. The summed E-state index contributed by atoms with van der Waals surface area (Å²) in [6.07, 6.45) is 0.273. The minimum Gasteiger partial charge on any atom is -0.393 e. The van der Waals surface area contributed by atoms with Crippen molar-refractivity contribution in [3.63, 3.8) is 0 Å². The van der Waals surface area contributed by atoms with Crippen molar-refractivity contribution in [2.75, 3.05) is 5.01 Å². The Balaban J connectivity index is 1.78. The maximum Gasteiger partial charge on any atom is 0.275 e. The zero-order valence-corrected chi connectivity index (χ0v) is 16.4. The first-order valence-corrected chi connectivity index (χ1v) is 9.45. The van der Waals surface area contributed by atoms with Gasteiger partial charge in [0.05, 0.1) is 16.9 Å². The fraction of sp³-hybridized carbons (Fsp3) is 0.0435. The number of hydrogen-bond acceptors (Lipinski definition) is 6. The molecule has 1 aromatic heterocycles. The minimum absolute atomic E-state index is 0.0454. The lowest BCUT2D eigenvalue weighted by molar-refractivity contribution is 0.407. The molecule has 31 heavy (non-hydrogen) atoms. The van der Waals surface area contributed by atoms with Crippen LogP contribution >= 0.6 is 0 Å². The van der Waals surface area contributed by atoms with Gasteiger partial charge in [0.15, 0.2) is 0 Å². The predicted molar refractivity (Wildman–Crippen MR) is 114 cm³/mol. The van der Waals surface area contributed by atoms with E-state index in [1.54, 1.807) is 24.3 Å². The smallest absolute Gasteiger partial charge is 0.275 e. The van der Waals surface area contributed by atoms with Gasteiger partial charge in [-0.25, -0.2) is 14.6 Å². The predicted octanol–water partition coefficient (Wildman–Crippen LogP) is 4.27. The van der Waals surface area contributed by atoms with Gasteiger partial charge in [-0.3, -0.25) is 5.01 Å². The molecule has 8 heteroatoms. The number of allylic oxidation sites excluding steroid dienone is 1. The van der Waals surface area contributed by atoms with Gasteiger partial charge in [0, 0.05) is 6.42 Å². The molecule has 0 amide bonds. The second-order valence-electron chi connectivity index (χ2n) is 6.75. The van der Waals surface area contributed by atoms with Crippen LogP contribution in [0.2, 0.25) is 0 Å². The number of halogens is 2. The molecular weight excluding hydrogens is 400 g/mol. The quantitative estimate of drug-likeness (QED) is 0.358. The van der Waals surface area contributed by atoms with Crippen LogP contribution in [0.1, 0.15) is 11.5 Å². The Morgan fingerprint density at radius 2 is 1.52 bits per heavy atom. The van der Waals surface area contributed by atoms with E-state index in [-0.39, 0.29) is 35.1 Å². The fourth-order valence-electron chi connectivity index (χ4n) is 3.10. The Morgan fingerprint density at radius 3 is 2.23 bits per heavy atom. The van der Waals surface area contributed by atoms with E-state index in [1.165, 1.54) is 24.3 Å². The van der Waals surface area contributed by atoms with E-state index in [4.69, 9.17) is 16.1 Å². The van der Waals surface area contributed by atoms with E-state index in [0.29, 0.717) is 5.70 Å². The Bertz CT molecular complexity index is 1220. The average molecular weight is 419 g/mol. The molecule has 4 rings (SSSR count). The fourth-order valence-corrected chi connectivity index (χ4v) is 3.10. The standard InChI is InChI=1S/C23H19F2N5O/c24-17-11-5-4-10-16(17)22-28-23(31-29-22)21(26)20(14-15-8-2-1-3-9-15)30(27)19-13-7-6-12-18(19)25/h1-13H,14,26-27H2/b21-20-. The van der Waals surface area contributed by atoms with Crippen LogP contribution in [0, 0.1) is 11.6 Å². The van der Waals surface area contributed by atoms with E-state index in [2.05, 4.69) is 10.1 Å². The largest absolute Gasteiger partial charge is 0.393 e. The normalized spacial score (nSPS) is 11.8. The number of nitrogens with two attached hydrogens (primary N) is 2. The van der Waals surface area contributed by atoms with Crippen LogP contribution < -0.4 is 16.6 Å². The van der Waals surface area contributed by atoms with Gasteiger partial charge in [0.2, 0.25) is 5.82 Å². The Hall–Kier alpha value is -4.04. The zero-order chi connectivity index (χ0) is 21.8. The van der Waals surface area contributed by atoms with Crippen molar-refractivity contribution in [2.45, 2.75) is 6.42 Å². The van der Waals surface area contributed by atoms with Crippen LogP contribution in [0.4, 0.5) is 14.5 Å². The van der Waals surface area contributed by atoms with Gasteiger partial charge >= 0.3 is 0 Å². The summed E-state index contributed by atoms with van der Waals surface area (Å²) in [5.74, 6) is 5.27. The maximum absolute atomic E-state index is 14.4. The Morgan fingerprint density at radius 1 is 0.871 bits per heavy atom. The second-order valence-corrected chi connectivity index (χ2v) is 6.75. The third-order valence-electron chi connectivity index (χ3n) is 4.70. The van der Waals surface area contributed by atoms with Gasteiger partial charge in [-0.15, -0.1) is 0 Å².